The van der Waals surface area contributed by atoms with Gasteiger partial charge in [-0.2, -0.15) is 0 Å². The molecule has 3 nitrogen and oxygen atoms in total. The number of amides is 1. The van der Waals surface area contributed by atoms with Gasteiger partial charge in [-0.15, -0.1) is 0 Å². The van der Waals surface area contributed by atoms with Crippen LogP contribution in [-0.2, 0) is 8.98 Å². The first-order valence-corrected chi connectivity index (χ1v) is 4.36. The molecule has 0 aliphatic carbocycles. The molecule has 1 aliphatic heterocycles. The second kappa shape index (κ2) is 3.83. The van der Waals surface area contributed by atoms with Gasteiger partial charge in [-0.1, -0.05) is 0 Å². The molecule has 4 heteroatoms. The van der Waals surface area contributed by atoms with Crippen LogP contribution >= 0.6 is 12.0 Å². The van der Waals surface area contributed by atoms with Gasteiger partial charge < -0.3 is 9.08 Å². The molecule has 0 unspecified atom stereocenters. The van der Waals surface area contributed by atoms with E-state index in [4.69, 9.17) is 4.18 Å². The van der Waals surface area contributed by atoms with Crippen LogP contribution in [0.15, 0.2) is 0 Å². The summed E-state index contributed by atoms with van der Waals surface area (Å²) in [5.74, 6) is 0.567. The minimum atomic E-state index is 0.567. The second-order valence-corrected chi connectivity index (χ2v) is 2.95. The molecule has 0 aromatic rings. The van der Waals surface area contributed by atoms with Crippen molar-refractivity contribution in [3.63, 3.8) is 0 Å². The third-order valence-corrected chi connectivity index (χ3v) is 1.93. The average Bonchev–Trinajstić information content (AvgIpc) is 1.86. The van der Waals surface area contributed by atoms with Gasteiger partial charge in [0, 0.05) is 25.3 Å². The van der Waals surface area contributed by atoms with E-state index in [1.54, 1.807) is 4.90 Å². The van der Waals surface area contributed by atoms with E-state index in [1.165, 1.54) is 12.0 Å². The van der Waals surface area contributed by atoms with Crippen LogP contribution in [0.1, 0.15) is 0 Å². The summed E-state index contributed by atoms with van der Waals surface area (Å²) in [4.78, 5) is 11.8. The Morgan fingerprint density at radius 3 is 3.00 bits per heavy atom. The zero-order valence-electron chi connectivity index (χ0n) is 5.95. The van der Waals surface area contributed by atoms with Gasteiger partial charge in [0.25, 0.3) is 0 Å². The van der Waals surface area contributed by atoms with E-state index in [0.29, 0.717) is 5.92 Å². The van der Waals surface area contributed by atoms with Crippen LogP contribution in [0.3, 0.4) is 0 Å². The van der Waals surface area contributed by atoms with E-state index in [9.17, 15) is 4.79 Å². The summed E-state index contributed by atoms with van der Waals surface area (Å²) in [6.45, 7) is 2.50. The average molecular weight is 161 g/mol. The molecule has 10 heavy (non-hydrogen) atoms. The molecule has 0 N–H and O–H groups in total. The fourth-order valence-electron chi connectivity index (χ4n) is 0.966. The van der Waals surface area contributed by atoms with Crippen molar-refractivity contribution in [2.75, 3.05) is 26.0 Å². The van der Waals surface area contributed by atoms with Crippen LogP contribution < -0.4 is 0 Å². The summed E-state index contributed by atoms with van der Waals surface area (Å²) in [5.41, 5.74) is 0. The first-order chi connectivity index (χ1) is 4.86. The summed E-state index contributed by atoms with van der Waals surface area (Å²) < 4.78 is 5.10. The van der Waals surface area contributed by atoms with Gasteiger partial charge in [0.15, 0.2) is 0 Å². The summed E-state index contributed by atoms with van der Waals surface area (Å²) >= 11 is 1.38. The monoisotopic (exact) mass is 161 g/mol. The molecular weight excluding hydrogens is 150 g/mol. The van der Waals surface area contributed by atoms with Crippen molar-refractivity contribution in [3.05, 3.63) is 0 Å². The van der Waals surface area contributed by atoms with E-state index in [-0.39, 0.29) is 0 Å². The van der Waals surface area contributed by atoms with Crippen molar-refractivity contribution in [1.29, 1.82) is 0 Å². The standard InChI is InChI=1S/C6H11NO2S/c1-10-9-4-6-2-7(3-6)5-8/h5-6H,2-4H2,1H3. The van der Waals surface area contributed by atoms with E-state index < -0.39 is 0 Å². The Bertz CT molecular complexity index is 114. The Balaban J connectivity index is 1.97. The summed E-state index contributed by atoms with van der Waals surface area (Å²) in [7, 11) is 0. The van der Waals surface area contributed by atoms with Gasteiger partial charge in [-0.25, -0.2) is 0 Å². The lowest BCUT2D eigenvalue weighted by Gasteiger charge is -2.35. The highest BCUT2D eigenvalue weighted by atomic mass is 32.2. The molecule has 0 aromatic carbocycles. The fraction of sp³-hybridized carbons (Fsp3) is 0.833. The number of likely N-dealkylation sites (tertiary alicyclic amines) is 1. The molecule has 0 bridgehead atoms. The van der Waals surface area contributed by atoms with Gasteiger partial charge in [-0.3, -0.25) is 4.79 Å². The molecule has 1 saturated heterocycles. The summed E-state index contributed by atoms with van der Waals surface area (Å²) in [5, 5.41) is 0. The number of carbonyl (C=O) groups is 1. The van der Waals surface area contributed by atoms with Crippen molar-refractivity contribution in [2.45, 2.75) is 0 Å². The van der Waals surface area contributed by atoms with Crippen LogP contribution in [0, 0.1) is 5.92 Å². The lowest BCUT2D eigenvalue weighted by molar-refractivity contribution is -0.124. The quantitative estimate of drug-likeness (QED) is 0.440. The third-order valence-electron chi connectivity index (χ3n) is 1.56. The zero-order valence-corrected chi connectivity index (χ0v) is 6.76. The lowest BCUT2D eigenvalue weighted by atomic mass is 10.0. The van der Waals surface area contributed by atoms with Gasteiger partial charge in [0.05, 0.1) is 6.61 Å². The van der Waals surface area contributed by atoms with Gasteiger partial charge in [0.2, 0.25) is 6.41 Å². The van der Waals surface area contributed by atoms with E-state index in [0.717, 1.165) is 26.1 Å². The van der Waals surface area contributed by atoms with E-state index in [2.05, 4.69) is 0 Å². The maximum atomic E-state index is 10.1. The highest BCUT2D eigenvalue weighted by Crippen LogP contribution is 2.14. The van der Waals surface area contributed by atoms with Crippen LogP contribution in [0.4, 0.5) is 0 Å². The predicted molar refractivity (Wildman–Crippen MR) is 40.6 cm³/mol. The topological polar surface area (TPSA) is 29.5 Å². The Kier molecular flexibility index (Phi) is 3.02. The largest absolute Gasteiger partial charge is 0.344 e. The van der Waals surface area contributed by atoms with Crippen LogP contribution in [0.5, 0.6) is 0 Å². The molecule has 0 aromatic heterocycles. The second-order valence-electron chi connectivity index (χ2n) is 2.38. The highest BCUT2D eigenvalue weighted by molar-refractivity contribution is 7.93. The maximum absolute atomic E-state index is 10.1. The van der Waals surface area contributed by atoms with E-state index in [1.807, 2.05) is 6.26 Å². The van der Waals surface area contributed by atoms with Crippen LogP contribution in [0.2, 0.25) is 0 Å². The van der Waals surface area contributed by atoms with Crippen LogP contribution in [0.25, 0.3) is 0 Å². The Labute approximate surface area is 64.9 Å². The molecule has 0 saturated carbocycles. The van der Waals surface area contributed by atoms with Crippen LogP contribution in [-0.4, -0.2) is 37.3 Å². The van der Waals surface area contributed by atoms with Gasteiger partial charge >= 0.3 is 0 Å². The summed E-state index contributed by atoms with van der Waals surface area (Å²) in [6, 6.07) is 0. The number of nitrogens with zero attached hydrogens (tertiary/aromatic N) is 1. The van der Waals surface area contributed by atoms with Gasteiger partial charge in [-0.05, 0) is 12.0 Å². The molecule has 1 rings (SSSR count). The third kappa shape index (κ3) is 1.88. The first kappa shape index (κ1) is 7.88. The minimum Gasteiger partial charge on any atom is -0.344 e. The highest BCUT2D eigenvalue weighted by Gasteiger charge is 2.24. The molecule has 1 amide bonds. The Hall–Kier alpha value is -0.220. The smallest absolute Gasteiger partial charge is 0.209 e. The molecule has 1 aliphatic rings. The zero-order chi connectivity index (χ0) is 7.40. The fourth-order valence-corrected chi connectivity index (χ4v) is 1.29. The lowest BCUT2D eigenvalue weighted by Crippen LogP contribution is -2.47. The van der Waals surface area contributed by atoms with Crippen molar-refractivity contribution >= 4 is 18.5 Å². The molecular formula is C6H11NO2S. The summed E-state index contributed by atoms with van der Waals surface area (Å²) in [6.07, 6.45) is 2.78. The van der Waals surface area contributed by atoms with Crippen molar-refractivity contribution in [3.8, 4) is 0 Å². The van der Waals surface area contributed by atoms with Crippen molar-refractivity contribution in [1.82, 2.24) is 4.90 Å². The van der Waals surface area contributed by atoms with Crippen molar-refractivity contribution < 1.29 is 8.98 Å². The molecule has 0 atom stereocenters. The Morgan fingerprint density at radius 2 is 2.50 bits per heavy atom. The number of hydrogen-bond acceptors (Lipinski definition) is 3. The molecule has 1 heterocycles. The molecule has 58 valence electrons. The normalized spacial score (nSPS) is 18.7. The maximum Gasteiger partial charge on any atom is 0.209 e. The number of hydrogen-bond donors (Lipinski definition) is 0. The minimum absolute atomic E-state index is 0.567. The number of rotatable bonds is 4. The SMILES string of the molecule is CSOCC1CN(C=O)C1. The van der Waals surface area contributed by atoms with Crippen molar-refractivity contribution in [2.24, 2.45) is 5.92 Å². The van der Waals surface area contributed by atoms with Gasteiger partial charge in [0.1, 0.15) is 0 Å². The number of carbonyl (C=O) groups excluding carboxylic acids is 1. The first-order valence-electron chi connectivity index (χ1n) is 3.21. The van der Waals surface area contributed by atoms with E-state index >= 15 is 0 Å². The molecule has 1 fully saturated rings. The Morgan fingerprint density at radius 1 is 1.80 bits per heavy atom. The molecule has 0 radical (unpaired) electrons. The molecule has 0 spiro atoms. The predicted octanol–water partition coefficient (Wildman–Crippen LogP) is 0.369.